The van der Waals surface area contributed by atoms with E-state index in [1.807, 2.05) is 6.07 Å². The van der Waals surface area contributed by atoms with E-state index < -0.39 is 17.7 Å². The zero-order valence-corrected chi connectivity index (χ0v) is 16.3. The summed E-state index contributed by atoms with van der Waals surface area (Å²) in [5.74, 6) is -0.651. The molecule has 0 bridgehead atoms. The van der Waals surface area contributed by atoms with Crippen LogP contribution in [0.3, 0.4) is 0 Å². The summed E-state index contributed by atoms with van der Waals surface area (Å²) >= 11 is 6.02. The first-order valence-electron chi connectivity index (χ1n) is 8.57. The number of halogens is 4. The number of rotatable bonds is 7. The van der Waals surface area contributed by atoms with Crippen molar-refractivity contribution in [3.05, 3.63) is 64.4 Å². The third-order valence-electron chi connectivity index (χ3n) is 3.90. The number of benzene rings is 1. The van der Waals surface area contributed by atoms with E-state index in [0.29, 0.717) is 11.2 Å². The lowest BCUT2D eigenvalue weighted by molar-refractivity contribution is -0.143. The second-order valence-electron chi connectivity index (χ2n) is 6.10. The van der Waals surface area contributed by atoms with Crippen LogP contribution < -0.4 is 5.32 Å². The van der Waals surface area contributed by atoms with Crippen LogP contribution in [-0.4, -0.2) is 42.1 Å². The molecule has 1 N–H and O–H groups in total. The molecule has 0 fully saturated rings. The number of likely N-dealkylation sites (N-methyl/N-ethyl adjacent to an activating group) is 1. The van der Waals surface area contributed by atoms with Crippen molar-refractivity contribution in [3.63, 3.8) is 0 Å². The predicted molar refractivity (Wildman–Crippen MR) is 100 cm³/mol. The van der Waals surface area contributed by atoms with Crippen LogP contribution in [0.2, 0.25) is 5.02 Å². The van der Waals surface area contributed by atoms with Gasteiger partial charge in [0.2, 0.25) is 0 Å². The lowest BCUT2D eigenvalue weighted by Crippen LogP contribution is -2.39. The van der Waals surface area contributed by atoms with Gasteiger partial charge in [-0.2, -0.15) is 13.2 Å². The maximum Gasteiger partial charge on any atom is 0.417 e. The summed E-state index contributed by atoms with van der Waals surface area (Å²) in [6.07, 6.45) is -4.08. The van der Waals surface area contributed by atoms with Crippen molar-refractivity contribution < 1.29 is 27.5 Å². The number of carbonyl (C=O) groups is 2. The largest absolute Gasteiger partial charge is 0.464 e. The van der Waals surface area contributed by atoms with Crippen molar-refractivity contribution in [2.24, 2.45) is 0 Å². The maximum atomic E-state index is 12.5. The summed E-state index contributed by atoms with van der Waals surface area (Å²) in [6, 6.07) is 8.71. The summed E-state index contributed by atoms with van der Waals surface area (Å²) in [5, 5.41) is 3.24. The lowest BCUT2D eigenvalue weighted by Gasteiger charge is -2.18. The molecule has 2 aromatic rings. The number of alkyl halides is 3. The predicted octanol–water partition coefficient (Wildman–Crippen LogP) is 3.68. The average Bonchev–Trinajstić information content (AvgIpc) is 2.66. The first-order chi connectivity index (χ1) is 13.7. The lowest BCUT2D eigenvalue weighted by atomic mass is 10.2. The average molecular weight is 430 g/mol. The summed E-state index contributed by atoms with van der Waals surface area (Å²) in [7, 11) is 1.53. The molecule has 10 heteroatoms. The van der Waals surface area contributed by atoms with Crippen molar-refractivity contribution in [3.8, 4) is 0 Å². The van der Waals surface area contributed by atoms with Crippen LogP contribution in [0.4, 0.5) is 18.0 Å². The molecule has 0 saturated heterocycles. The van der Waals surface area contributed by atoms with Crippen LogP contribution in [0.5, 0.6) is 0 Å². The maximum absolute atomic E-state index is 12.5. The minimum Gasteiger partial charge on any atom is -0.464 e. The SMILES string of the molecule is CN(CCOC(=O)Cc1ccc(C(F)(F)F)cn1)C(=O)NCc1ccccc1Cl. The highest BCUT2D eigenvalue weighted by Crippen LogP contribution is 2.28. The number of carbonyl (C=O) groups excluding carboxylic acids is 2. The van der Waals surface area contributed by atoms with Crippen LogP contribution in [0, 0.1) is 0 Å². The number of pyridine rings is 1. The number of ether oxygens (including phenoxy) is 1. The molecule has 6 nitrogen and oxygen atoms in total. The standard InChI is InChI=1S/C19H19ClF3N3O3/c1-26(18(28)25-11-13-4-2-3-5-16(13)20)8-9-29-17(27)10-15-7-6-14(12-24-15)19(21,22)23/h2-7,12H,8-11H2,1H3,(H,25,28). The molecular weight excluding hydrogens is 411 g/mol. The van der Waals surface area contributed by atoms with Crippen LogP contribution in [-0.2, 0) is 28.7 Å². The van der Waals surface area contributed by atoms with Gasteiger partial charge in [-0.15, -0.1) is 0 Å². The van der Waals surface area contributed by atoms with Crippen LogP contribution in [0.1, 0.15) is 16.8 Å². The third-order valence-corrected chi connectivity index (χ3v) is 4.27. The molecule has 156 valence electrons. The van der Waals surface area contributed by atoms with Crippen molar-refractivity contribution in [1.29, 1.82) is 0 Å². The fraction of sp³-hybridized carbons (Fsp3) is 0.316. The van der Waals surface area contributed by atoms with E-state index >= 15 is 0 Å². The Hall–Kier alpha value is -2.81. The Morgan fingerprint density at radius 2 is 1.93 bits per heavy atom. The van der Waals surface area contributed by atoms with Gasteiger partial charge >= 0.3 is 18.2 Å². The Balaban J connectivity index is 1.71. The number of amides is 2. The molecule has 0 spiro atoms. The molecule has 0 atom stereocenters. The molecule has 2 amide bonds. The summed E-state index contributed by atoms with van der Waals surface area (Å²) in [5.41, 5.74) is 0.0410. The Kier molecular flexibility index (Phi) is 7.83. The van der Waals surface area contributed by atoms with Crippen LogP contribution in [0.15, 0.2) is 42.6 Å². The first kappa shape index (κ1) is 22.5. The van der Waals surface area contributed by atoms with Crippen molar-refractivity contribution in [1.82, 2.24) is 15.2 Å². The molecule has 2 rings (SSSR count). The molecule has 29 heavy (non-hydrogen) atoms. The number of urea groups is 1. The van der Waals surface area contributed by atoms with Gasteiger partial charge in [-0.3, -0.25) is 9.78 Å². The van der Waals surface area contributed by atoms with E-state index in [2.05, 4.69) is 10.3 Å². The van der Waals surface area contributed by atoms with Gasteiger partial charge in [0, 0.05) is 24.8 Å². The molecule has 1 heterocycles. The first-order valence-corrected chi connectivity index (χ1v) is 8.94. The molecule has 0 radical (unpaired) electrons. The molecule has 1 aromatic heterocycles. The quantitative estimate of drug-likeness (QED) is 0.681. The molecule has 0 unspecified atom stereocenters. The minimum absolute atomic E-state index is 0.0600. The van der Waals surface area contributed by atoms with Gasteiger partial charge in [0.05, 0.1) is 24.2 Å². The zero-order valence-electron chi connectivity index (χ0n) is 15.5. The van der Waals surface area contributed by atoms with Gasteiger partial charge in [-0.25, -0.2) is 4.79 Å². The molecule has 0 saturated carbocycles. The number of nitrogens with zero attached hydrogens (tertiary/aromatic N) is 2. The molecule has 0 aliphatic carbocycles. The minimum atomic E-state index is -4.48. The Bertz CT molecular complexity index is 845. The third kappa shape index (κ3) is 7.26. The van der Waals surface area contributed by atoms with Crippen molar-refractivity contribution in [2.75, 3.05) is 20.2 Å². The van der Waals surface area contributed by atoms with Gasteiger partial charge in [0.25, 0.3) is 0 Å². The number of nitrogens with one attached hydrogen (secondary N) is 1. The summed E-state index contributed by atoms with van der Waals surface area (Å²) < 4.78 is 42.5. The van der Waals surface area contributed by atoms with E-state index in [1.165, 1.54) is 11.9 Å². The van der Waals surface area contributed by atoms with E-state index in [-0.39, 0.29) is 37.8 Å². The van der Waals surface area contributed by atoms with Gasteiger partial charge in [-0.05, 0) is 23.8 Å². The normalized spacial score (nSPS) is 11.1. The second-order valence-corrected chi connectivity index (χ2v) is 6.51. The van der Waals surface area contributed by atoms with Gasteiger partial charge < -0.3 is 15.0 Å². The van der Waals surface area contributed by atoms with Crippen LogP contribution >= 0.6 is 11.6 Å². The summed E-state index contributed by atoms with van der Waals surface area (Å²) in [4.78, 5) is 28.8. The van der Waals surface area contributed by atoms with Gasteiger partial charge in [0.15, 0.2) is 0 Å². The Morgan fingerprint density at radius 1 is 1.21 bits per heavy atom. The second kappa shape index (κ2) is 10.1. The Labute approximate surface area is 170 Å². The van der Waals surface area contributed by atoms with E-state index in [1.54, 1.807) is 18.2 Å². The number of esters is 1. The van der Waals surface area contributed by atoms with Gasteiger partial charge in [0.1, 0.15) is 6.61 Å². The summed E-state index contributed by atoms with van der Waals surface area (Å²) in [6.45, 7) is 0.332. The smallest absolute Gasteiger partial charge is 0.417 e. The van der Waals surface area contributed by atoms with Crippen molar-refractivity contribution in [2.45, 2.75) is 19.1 Å². The molecule has 1 aromatic carbocycles. The van der Waals surface area contributed by atoms with Gasteiger partial charge in [-0.1, -0.05) is 29.8 Å². The number of hydrogen-bond acceptors (Lipinski definition) is 4. The van der Waals surface area contributed by atoms with E-state index in [9.17, 15) is 22.8 Å². The monoisotopic (exact) mass is 429 g/mol. The Morgan fingerprint density at radius 3 is 2.55 bits per heavy atom. The van der Waals surface area contributed by atoms with Crippen LogP contribution in [0.25, 0.3) is 0 Å². The number of aromatic nitrogens is 1. The molecule has 0 aliphatic rings. The van der Waals surface area contributed by atoms with E-state index in [4.69, 9.17) is 16.3 Å². The highest BCUT2D eigenvalue weighted by Gasteiger charge is 2.30. The fourth-order valence-electron chi connectivity index (χ4n) is 2.24. The molecule has 0 aliphatic heterocycles. The zero-order chi connectivity index (χ0) is 21.4. The number of hydrogen-bond donors (Lipinski definition) is 1. The molecular formula is C19H19ClF3N3O3. The fourth-order valence-corrected chi connectivity index (χ4v) is 2.44. The highest BCUT2D eigenvalue weighted by atomic mass is 35.5. The highest BCUT2D eigenvalue weighted by molar-refractivity contribution is 6.31. The van der Waals surface area contributed by atoms with E-state index in [0.717, 1.165) is 17.7 Å². The van der Waals surface area contributed by atoms with Crippen molar-refractivity contribution >= 4 is 23.6 Å². The topological polar surface area (TPSA) is 71.5 Å².